The number of nitrogens with one attached hydrogen (secondary N) is 1. The van der Waals surface area contributed by atoms with Crippen LogP contribution < -0.4 is 5.32 Å². The lowest BCUT2D eigenvalue weighted by molar-refractivity contribution is 0.0916. The van der Waals surface area contributed by atoms with Gasteiger partial charge in [0.1, 0.15) is 5.76 Å². The molecule has 2 N–H and O–H groups in total. The van der Waals surface area contributed by atoms with Gasteiger partial charge in [0.05, 0.1) is 5.75 Å². The van der Waals surface area contributed by atoms with Crippen molar-refractivity contribution in [2.24, 2.45) is 5.92 Å². The number of furan rings is 1. The zero-order valence-electron chi connectivity index (χ0n) is 10.2. The molecular weight excluding hydrogens is 238 g/mol. The van der Waals surface area contributed by atoms with Gasteiger partial charge in [-0.05, 0) is 30.7 Å². The lowest BCUT2D eigenvalue weighted by Gasteiger charge is -2.09. The average Bonchev–Trinajstić information content (AvgIpc) is 2.75. The molecule has 0 aliphatic rings. The van der Waals surface area contributed by atoms with E-state index in [9.17, 15) is 4.79 Å². The average molecular weight is 257 g/mol. The molecule has 0 aromatic carbocycles. The van der Waals surface area contributed by atoms with E-state index in [0.29, 0.717) is 18.7 Å². The predicted molar refractivity (Wildman–Crippen MR) is 69.1 cm³/mol. The fourth-order valence-electron chi connectivity index (χ4n) is 1.40. The summed E-state index contributed by atoms with van der Waals surface area (Å²) in [6.45, 7) is 2.69. The quantitative estimate of drug-likeness (QED) is 0.783. The molecule has 1 atom stereocenters. The van der Waals surface area contributed by atoms with Gasteiger partial charge in [-0.2, -0.15) is 11.8 Å². The molecule has 1 rings (SSSR count). The van der Waals surface area contributed by atoms with Crippen molar-refractivity contribution in [2.45, 2.75) is 19.1 Å². The van der Waals surface area contributed by atoms with E-state index in [4.69, 9.17) is 9.52 Å². The summed E-state index contributed by atoms with van der Waals surface area (Å²) in [5.41, 5.74) is 0. The van der Waals surface area contributed by atoms with E-state index in [-0.39, 0.29) is 18.4 Å². The van der Waals surface area contributed by atoms with E-state index >= 15 is 0 Å². The Hall–Kier alpha value is -0.940. The lowest BCUT2D eigenvalue weighted by Crippen LogP contribution is -2.28. The van der Waals surface area contributed by atoms with Crippen LogP contribution in [0.5, 0.6) is 0 Å². The van der Waals surface area contributed by atoms with E-state index in [2.05, 4.69) is 5.32 Å². The fraction of sp³-hybridized carbons (Fsp3) is 0.583. The van der Waals surface area contributed by atoms with Gasteiger partial charge in [0.25, 0.3) is 5.91 Å². The van der Waals surface area contributed by atoms with Gasteiger partial charge in [-0.25, -0.2) is 0 Å². The van der Waals surface area contributed by atoms with Crippen molar-refractivity contribution in [1.29, 1.82) is 0 Å². The highest BCUT2D eigenvalue weighted by Crippen LogP contribution is 2.13. The van der Waals surface area contributed by atoms with Crippen LogP contribution in [0.1, 0.15) is 29.7 Å². The highest BCUT2D eigenvalue weighted by Gasteiger charge is 2.11. The molecule has 0 aliphatic carbocycles. The number of aliphatic hydroxyl groups excluding tert-OH is 1. The summed E-state index contributed by atoms with van der Waals surface area (Å²) >= 11 is 1.65. The zero-order chi connectivity index (χ0) is 12.7. The summed E-state index contributed by atoms with van der Waals surface area (Å²) in [5, 5.41) is 11.5. The molecule has 1 aromatic heterocycles. The van der Waals surface area contributed by atoms with Gasteiger partial charge < -0.3 is 14.8 Å². The first-order valence-electron chi connectivity index (χ1n) is 5.64. The second-order valence-corrected chi connectivity index (χ2v) is 4.89. The molecule has 4 nitrogen and oxygen atoms in total. The van der Waals surface area contributed by atoms with Crippen molar-refractivity contribution >= 4 is 17.7 Å². The Morgan fingerprint density at radius 1 is 1.59 bits per heavy atom. The molecule has 1 heterocycles. The Balaban J connectivity index is 2.40. The molecule has 1 unspecified atom stereocenters. The molecule has 0 saturated heterocycles. The monoisotopic (exact) mass is 257 g/mol. The smallest absolute Gasteiger partial charge is 0.287 e. The molecule has 1 amide bonds. The van der Waals surface area contributed by atoms with Gasteiger partial charge in [-0.3, -0.25) is 4.79 Å². The standard InChI is InChI=1S/C12H19NO3S/c1-9(5-6-14)7-13-12(15)11-4-3-10(16-11)8-17-2/h3-4,9,14H,5-8H2,1-2H3,(H,13,15). The Morgan fingerprint density at radius 3 is 3.00 bits per heavy atom. The molecule has 0 radical (unpaired) electrons. The van der Waals surface area contributed by atoms with Crippen LogP contribution in [-0.4, -0.2) is 30.4 Å². The SMILES string of the molecule is CSCc1ccc(C(=O)NCC(C)CCO)o1. The summed E-state index contributed by atoms with van der Waals surface area (Å²) in [5.74, 6) is 2.01. The van der Waals surface area contributed by atoms with E-state index < -0.39 is 0 Å². The second-order valence-electron chi connectivity index (χ2n) is 4.03. The molecule has 0 spiro atoms. The minimum absolute atomic E-state index is 0.148. The molecule has 0 saturated carbocycles. The molecule has 5 heteroatoms. The Bertz CT molecular complexity index is 351. The number of aliphatic hydroxyl groups is 1. The lowest BCUT2D eigenvalue weighted by atomic mass is 10.1. The molecule has 0 fully saturated rings. The minimum atomic E-state index is -0.192. The summed E-state index contributed by atoms with van der Waals surface area (Å²) in [6, 6.07) is 3.51. The van der Waals surface area contributed by atoms with Gasteiger partial charge in [0.2, 0.25) is 0 Å². The Kier molecular flexibility index (Phi) is 6.15. The first-order valence-corrected chi connectivity index (χ1v) is 7.03. The zero-order valence-corrected chi connectivity index (χ0v) is 11.0. The van der Waals surface area contributed by atoms with Crippen LogP contribution in [0.15, 0.2) is 16.5 Å². The largest absolute Gasteiger partial charge is 0.455 e. The van der Waals surface area contributed by atoms with Crippen molar-refractivity contribution in [3.63, 3.8) is 0 Å². The molecule has 96 valence electrons. The third-order valence-corrected chi connectivity index (χ3v) is 2.98. The predicted octanol–water partition coefficient (Wildman–Crippen LogP) is 1.89. The van der Waals surface area contributed by atoms with Crippen molar-refractivity contribution in [2.75, 3.05) is 19.4 Å². The van der Waals surface area contributed by atoms with Crippen LogP contribution in [-0.2, 0) is 5.75 Å². The van der Waals surface area contributed by atoms with Crippen LogP contribution in [0.3, 0.4) is 0 Å². The van der Waals surface area contributed by atoms with Gasteiger partial charge in [0, 0.05) is 13.2 Å². The van der Waals surface area contributed by atoms with Gasteiger partial charge in [-0.15, -0.1) is 0 Å². The maximum absolute atomic E-state index is 11.7. The van der Waals surface area contributed by atoms with Crippen LogP contribution in [0, 0.1) is 5.92 Å². The van der Waals surface area contributed by atoms with Crippen molar-refractivity contribution in [1.82, 2.24) is 5.32 Å². The number of amides is 1. The highest BCUT2D eigenvalue weighted by molar-refractivity contribution is 7.97. The number of carbonyl (C=O) groups excluding carboxylic acids is 1. The van der Waals surface area contributed by atoms with Gasteiger partial charge in [0.15, 0.2) is 5.76 Å². The van der Waals surface area contributed by atoms with E-state index in [0.717, 1.165) is 11.5 Å². The van der Waals surface area contributed by atoms with Crippen molar-refractivity contribution in [3.05, 3.63) is 23.7 Å². The number of hydrogen-bond donors (Lipinski definition) is 2. The maximum Gasteiger partial charge on any atom is 0.287 e. The fourth-order valence-corrected chi connectivity index (χ4v) is 1.84. The van der Waals surface area contributed by atoms with Crippen molar-refractivity contribution < 1.29 is 14.3 Å². The number of thioether (sulfide) groups is 1. The third kappa shape index (κ3) is 4.83. The topological polar surface area (TPSA) is 62.5 Å². The summed E-state index contributed by atoms with van der Waals surface area (Å²) < 4.78 is 5.40. The van der Waals surface area contributed by atoms with Crippen LogP contribution in [0.4, 0.5) is 0 Å². The Morgan fingerprint density at radius 2 is 2.35 bits per heavy atom. The normalized spacial score (nSPS) is 12.4. The number of carbonyl (C=O) groups is 1. The molecule has 17 heavy (non-hydrogen) atoms. The van der Waals surface area contributed by atoms with Crippen molar-refractivity contribution in [3.8, 4) is 0 Å². The minimum Gasteiger partial charge on any atom is -0.455 e. The number of hydrogen-bond acceptors (Lipinski definition) is 4. The highest BCUT2D eigenvalue weighted by atomic mass is 32.2. The first-order chi connectivity index (χ1) is 8.17. The summed E-state index contributed by atoms with van der Waals surface area (Å²) in [6.07, 6.45) is 2.68. The molecule has 0 bridgehead atoms. The molecule has 0 aliphatic heterocycles. The summed E-state index contributed by atoms with van der Waals surface area (Å²) in [7, 11) is 0. The van der Waals surface area contributed by atoms with Gasteiger partial charge >= 0.3 is 0 Å². The van der Waals surface area contributed by atoms with E-state index in [1.54, 1.807) is 17.8 Å². The maximum atomic E-state index is 11.7. The van der Waals surface area contributed by atoms with Crippen LogP contribution in [0.2, 0.25) is 0 Å². The van der Waals surface area contributed by atoms with Crippen LogP contribution in [0.25, 0.3) is 0 Å². The van der Waals surface area contributed by atoms with E-state index in [1.165, 1.54) is 0 Å². The van der Waals surface area contributed by atoms with Crippen LogP contribution >= 0.6 is 11.8 Å². The molecule has 1 aromatic rings. The first kappa shape index (κ1) is 14.1. The summed E-state index contributed by atoms with van der Waals surface area (Å²) in [4.78, 5) is 11.7. The number of rotatable bonds is 7. The molecular formula is C12H19NO3S. The van der Waals surface area contributed by atoms with Gasteiger partial charge in [-0.1, -0.05) is 6.92 Å². The second kappa shape index (κ2) is 7.40. The third-order valence-electron chi connectivity index (χ3n) is 2.41. The van der Waals surface area contributed by atoms with E-state index in [1.807, 2.05) is 19.2 Å². The Labute approximate surface area is 106 Å².